The maximum Gasteiger partial charge on any atom is 0.333 e. The molecule has 0 amide bonds. The third-order valence-electron chi connectivity index (χ3n) is 16.5. The molecule has 79 heavy (non-hydrogen) atoms. The van der Waals surface area contributed by atoms with Gasteiger partial charge in [-0.15, -0.1) is 0 Å². The summed E-state index contributed by atoms with van der Waals surface area (Å²) in [7, 11) is 0. The lowest BCUT2D eigenvalue weighted by molar-refractivity contribution is 1.23. The lowest BCUT2D eigenvalue weighted by atomic mass is 9.31. The number of rotatable bonds is 9. The first kappa shape index (κ1) is 45.0. The molecule has 4 aliphatic rings. The smallest absolute Gasteiger partial charge is 0.333 e. The Labute approximate surface area is 462 Å². The lowest BCUT2D eigenvalue weighted by Gasteiger charge is -2.51. The van der Waals surface area contributed by atoms with Crippen LogP contribution in [0.25, 0.3) is 22.3 Å². The molecule has 0 fully saturated rings. The van der Waals surface area contributed by atoms with Crippen LogP contribution in [0.4, 0.5) is 79.6 Å². The van der Waals surface area contributed by atoms with Gasteiger partial charge >= 0.3 is 6.85 Å². The van der Waals surface area contributed by atoms with Gasteiger partial charge in [-0.2, -0.15) is 0 Å². The molecular weight excluding hydrogens is 956 g/mol. The molecule has 0 aliphatic carbocycles. The highest BCUT2D eigenvalue weighted by Crippen LogP contribution is 2.53. The highest BCUT2D eigenvalue weighted by molar-refractivity contribution is 7.02. The minimum absolute atomic E-state index is 0.116. The van der Waals surface area contributed by atoms with Crippen molar-refractivity contribution in [2.24, 2.45) is 0 Å². The van der Waals surface area contributed by atoms with Crippen molar-refractivity contribution in [3.8, 4) is 22.3 Å². The molecule has 0 aromatic heterocycles. The maximum absolute atomic E-state index is 2.67. The van der Waals surface area contributed by atoms with Gasteiger partial charge in [-0.05, 0) is 159 Å². The lowest BCUT2D eigenvalue weighted by Crippen LogP contribution is -2.68. The fraction of sp³-hybridized carbons (Fsp3) is 0. The van der Waals surface area contributed by atoms with Gasteiger partial charge in [-0.1, -0.05) is 182 Å². The molecule has 0 radical (unpaired) electrons. The summed E-state index contributed by atoms with van der Waals surface area (Å²) in [5.74, 6) is 0. The van der Waals surface area contributed by atoms with E-state index in [1.54, 1.807) is 0 Å². The van der Waals surface area contributed by atoms with E-state index in [-0.39, 0.29) is 13.6 Å². The van der Waals surface area contributed by atoms with Gasteiger partial charge in [-0.25, -0.2) is 0 Å². The number of hydrogen-bond donors (Lipinski definition) is 0. The molecule has 0 atom stereocenters. The molecule has 4 heterocycles. The van der Waals surface area contributed by atoms with Gasteiger partial charge in [0.25, 0.3) is 6.71 Å². The first-order valence-corrected chi connectivity index (χ1v) is 27.3. The monoisotopic (exact) mass is 1010 g/mol. The summed E-state index contributed by atoms with van der Waals surface area (Å²) >= 11 is 0. The summed E-state index contributed by atoms with van der Waals surface area (Å²) in [6.07, 6.45) is 0. The summed E-state index contributed by atoms with van der Waals surface area (Å²) in [4.78, 5) is 12.7. The van der Waals surface area contributed by atoms with Crippen molar-refractivity contribution in [3.63, 3.8) is 0 Å². The van der Waals surface area contributed by atoms with Gasteiger partial charge in [0.15, 0.2) is 0 Å². The summed E-state index contributed by atoms with van der Waals surface area (Å²) in [5, 5.41) is 0. The largest absolute Gasteiger partial charge is 0.376 e. The summed E-state index contributed by atoms with van der Waals surface area (Å²) < 4.78 is 0. The fourth-order valence-corrected chi connectivity index (χ4v) is 13.3. The minimum Gasteiger partial charge on any atom is -0.376 e. The molecule has 16 rings (SSSR count). The first-order chi connectivity index (χ1) is 39.2. The maximum atomic E-state index is 2.67. The van der Waals surface area contributed by atoms with Crippen LogP contribution >= 0.6 is 0 Å². The van der Waals surface area contributed by atoms with Crippen LogP contribution in [0, 0.1) is 0 Å². The van der Waals surface area contributed by atoms with Gasteiger partial charge in [-0.3, -0.25) is 0 Å². The fourth-order valence-electron chi connectivity index (χ4n) is 13.3. The van der Waals surface area contributed by atoms with Gasteiger partial charge in [0, 0.05) is 85.2 Å². The van der Waals surface area contributed by atoms with Crippen molar-refractivity contribution < 1.29 is 0 Å². The van der Waals surface area contributed by atoms with Crippen molar-refractivity contribution in [1.29, 1.82) is 0 Å². The molecule has 7 heteroatoms. The predicted molar refractivity (Wildman–Crippen MR) is 334 cm³/mol. The van der Waals surface area contributed by atoms with Crippen molar-refractivity contribution in [2.75, 3.05) is 24.4 Å². The Bertz CT molecular complexity index is 4200. The molecule has 0 unspecified atom stereocenters. The van der Waals surface area contributed by atoms with E-state index in [1.807, 2.05) is 0 Å². The van der Waals surface area contributed by atoms with Crippen LogP contribution < -0.4 is 51.7 Å². The van der Waals surface area contributed by atoms with E-state index >= 15 is 0 Å². The van der Waals surface area contributed by atoms with E-state index in [0.29, 0.717) is 0 Å². The number of nitrogens with zero attached hydrogens (tertiary/aromatic N) is 5. The Morgan fingerprint density at radius 2 is 0.709 bits per heavy atom. The van der Waals surface area contributed by atoms with E-state index in [1.165, 1.54) is 72.3 Å². The van der Waals surface area contributed by atoms with Crippen molar-refractivity contribution >= 4 is 120 Å². The predicted octanol–water partition coefficient (Wildman–Crippen LogP) is 15.6. The standard InChI is InChI=1S/C72H49B2N5/c1-8-24-50(25-9-1)51-40-43-62-66(46-51)77(56-34-18-6-19-35-56)69-49-61-60-38-22-23-39-65(60)79(57-36-20-7-21-37-57)74-64-45-42-59(76(54-30-14-4-15-31-54)55-32-16-5-17-33-55)48-68(64)78-67-47-58(41-44-63(67)73(62)71(69)72(78)70(61)74)75(52-26-10-2-11-27-52)53-28-12-3-13-29-53/h1-49H. The Morgan fingerprint density at radius 1 is 0.266 bits per heavy atom. The van der Waals surface area contributed by atoms with Crippen LogP contribution in [0.1, 0.15) is 0 Å². The van der Waals surface area contributed by atoms with Crippen LogP contribution in [0.3, 0.4) is 0 Å². The zero-order valence-corrected chi connectivity index (χ0v) is 43.2. The zero-order valence-electron chi connectivity index (χ0n) is 43.2. The topological polar surface area (TPSA) is 16.2 Å². The second-order valence-electron chi connectivity index (χ2n) is 20.8. The molecule has 0 saturated heterocycles. The number of fused-ring (bicyclic) bond motifs is 10. The third-order valence-corrected chi connectivity index (χ3v) is 16.5. The van der Waals surface area contributed by atoms with Crippen LogP contribution in [0.15, 0.2) is 297 Å². The number of hydrogen-bond acceptors (Lipinski definition) is 5. The second-order valence-corrected chi connectivity index (χ2v) is 20.8. The second kappa shape index (κ2) is 18.2. The van der Waals surface area contributed by atoms with Crippen LogP contribution in [-0.2, 0) is 0 Å². The Kier molecular flexibility index (Phi) is 10.4. The van der Waals surface area contributed by atoms with Crippen LogP contribution in [0.5, 0.6) is 0 Å². The Morgan fingerprint density at radius 3 is 1.27 bits per heavy atom. The normalized spacial score (nSPS) is 12.9. The molecular formula is C72H49B2N5. The molecule has 12 aromatic carbocycles. The van der Waals surface area contributed by atoms with E-state index in [4.69, 9.17) is 0 Å². The molecule has 12 aromatic rings. The molecule has 0 bridgehead atoms. The van der Waals surface area contributed by atoms with E-state index in [0.717, 1.165) is 56.9 Å². The highest BCUT2D eigenvalue weighted by atomic mass is 15.2. The number of para-hydroxylation sites is 7. The van der Waals surface area contributed by atoms with Gasteiger partial charge in [0.1, 0.15) is 0 Å². The third kappa shape index (κ3) is 7.06. The zero-order chi connectivity index (χ0) is 52.0. The van der Waals surface area contributed by atoms with E-state index in [9.17, 15) is 0 Å². The Hall–Kier alpha value is -10.2. The van der Waals surface area contributed by atoms with Crippen LogP contribution in [0.2, 0.25) is 0 Å². The van der Waals surface area contributed by atoms with Gasteiger partial charge in [0.2, 0.25) is 0 Å². The quantitative estimate of drug-likeness (QED) is 0.134. The molecule has 4 aliphatic heterocycles. The summed E-state index contributed by atoms with van der Waals surface area (Å²) in [5.41, 5.74) is 27.1. The molecule has 368 valence electrons. The van der Waals surface area contributed by atoms with Gasteiger partial charge < -0.3 is 24.4 Å². The highest BCUT2D eigenvalue weighted by Gasteiger charge is 2.52. The average molecular weight is 1010 g/mol. The SMILES string of the molecule is c1ccc(-c2ccc3c(c2)N(c2ccccc2)c2cc4c5c6c2B3c2ccc(N(c3ccccc3)c3ccccc3)cc2N6c2cc(N(c3ccccc3)c3ccccc3)ccc2B5N(c2ccccc2)c2ccccc2-4)cc1. The molecule has 0 N–H and O–H groups in total. The van der Waals surface area contributed by atoms with Crippen LogP contribution in [-0.4, -0.2) is 13.6 Å². The summed E-state index contributed by atoms with van der Waals surface area (Å²) in [6.45, 7) is -0.299. The number of benzene rings is 12. The van der Waals surface area contributed by atoms with Gasteiger partial charge in [0.05, 0.1) is 0 Å². The summed E-state index contributed by atoms with van der Waals surface area (Å²) in [6, 6.07) is 110. The van der Waals surface area contributed by atoms with E-state index in [2.05, 4.69) is 322 Å². The average Bonchev–Trinajstić information content (AvgIpc) is 2.77. The first-order valence-electron chi connectivity index (χ1n) is 27.3. The molecule has 0 saturated carbocycles. The van der Waals surface area contributed by atoms with Crippen molar-refractivity contribution in [3.05, 3.63) is 297 Å². The molecule has 5 nitrogen and oxygen atoms in total. The van der Waals surface area contributed by atoms with E-state index < -0.39 is 0 Å². The van der Waals surface area contributed by atoms with Crippen molar-refractivity contribution in [2.45, 2.75) is 0 Å². The minimum atomic E-state index is -0.183. The van der Waals surface area contributed by atoms with Crippen molar-refractivity contribution in [1.82, 2.24) is 0 Å². The number of anilines is 14. The Balaban J connectivity index is 1.05. The molecule has 0 spiro atoms.